The number of hydrogen-bond acceptors (Lipinski definition) is 7. The largest absolute Gasteiger partial charge is 0.394 e. The molecular weight excluding hydrogens is 640 g/mol. The Balaban J connectivity index is 4.58. The number of amides is 1. The minimum Gasteiger partial charge on any atom is -0.394 e. The molecule has 0 aliphatic rings. The summed E-state index contributed by atoms with van der Waals surface area (Å²) in [4.78, 5) is 40.7. The number of rotatable bonds is 38. The zero-order valence-electron chi connectivity index (χ0n) is 33.1. The average molecular weight is 721 g/mol. The van der Waals surface area contributed by atoms with E-state index in [1.807, 2.05) is 0 Å². The molecule has 0 aliphatic carbocycles. The van der Waals surface area contributed by atoms with Crippen LogP contribution in [0.2, 0.25) is 0 Å². The van der Waals surface area contributed by atoms with E-state index in [1.54, 1.807) is 0 Å². The molecule has 0 rings (SSSR count). The molecule has 0 saturated heterocycles. The molecule has 0 spiro atoms. The molecule has 5 N–H and O–H groups in total. The van der Waals surface area contributed by atoms with Crippen molar-refractivity contribution in [2.75, 3.05) is 19.8 Å². The van der Waals surface area contributed by atoms with Crippen LogP contribution < -0.4 is 5.73 Å². The van der Waals surface area contributed by atoms with Crippen LogP contribution in [0.15, 0.2) is 24.3 Å². The van der Waals surface area contributed by atoms with Crippen LogP contribution in [0.4, 0.5) is 0 Å². The quantitative estimate of drug-likeness (QED) is 0.0368. The van der Waals surface area contributed by atoms with Gasteiger partial charge in [0.1, 0.15) is 18.1 Å². The van der Waals surface area contributed by atoms with Gasteiger partial charge >= 0.3 is 0 Å². The fraction of sp³-hybridized carbons (Fsp3) is 0.837. The molecule has 298 valence electrons. The molecule has 0 bridgehead atoms. The lowest BCUT2D eigenvalue weighted by molar-refractivity contribution is -0.151. The number of nitrogens with two attached hydrogens (primary N) is 1. The zero-order chi connectivity index (χ0) is 37.8. The first-order valence-electron chi connectivity index (χ1n) is 21.1. The van der Waals surface area contributed by atoms with E-state index in [-0.39, 0.29) is 24.4 Å². The highest BCUT2D eigenvalue weighted by Gasteiger charge is 2.39. The topological polar surface area (TPSA) is 141 Å². The Morgan fingerprint density at radius 1 is 0.471 bits per heavy atom. The first kappa shape index (κ1) is 49.1. The van der Waals surface area contributed by atoms with Gasteiger partial charge in [-0.2, -0.15) is 0 Å². The van der Waals surface area contributed by atoms with Gasteiger partial charge in [0, 0.05) is 12.8 Å². The van der Waals surface area contributed by atoms with E-state index in [4.69, 9.17) is 5.73 Å². The molecule has 0 heterocycles. The smallest absolute Gasteiger partial charge is 0.243 e. The van der Waals surface area contributed by atoms with Crippen LogP contribution in [-0.4, -0.2) is 75.6 Å². The first-order chi connectivity index (χ1) is 24.9. The van der Waals surface area contributed by atoms with Crippen molar-refractivity contribution in [3.63, 3.8) is 0 Å². The summed E-state index contributed by atoms with van der Waals surface area (Å²) in [6.07, 6.45) is 39.0. The van der Waals surface area contributed by atoms with Crippen LogP contribution in [0.1, 0.15) is 194 Å². The fourth-order valence-corrected chi connectivity index (χ4v) is 6.56. The van der Waals surface area contributed by atoms with E-state index in [0.717, 1.165) is 81.9 Å². The highest BCUT2D eigenvalue weighted by atomic mass is 16.3. The van der Waals surface area contributed by atoms with E-state index in [2.05, 4.69) is 38.2 Å². The van der Waals surface area contributed by atoms with Crippen LogP contribution in [0.25, 0.3) is 0 Å². The van der Waals surface area contributed by atoms with Gasteiger partial charge < -0.3 is 26.0 Å². The highest BCUT2D eigenvalue weighted by Crippen LogP contribution is 2.18. The van der Waals surface area contributed by atoms with E-state index >= 15 is 0 Å². The minimum atomic E-state index is -1.35. The highest BCUT2D eigenvalue weighted by molar-refractivity contribution is 5.95. The number of carbonyl (C=O) groups is 3. The molecule has 0 radical (unpaired) electrons. The van der Waals surface area contributed by atoms with E-state index in [9.17, 15) is 29.7 Å². The van der Waals surface area contributed by atoms with Gasteiger partial charge in [-0.3, -0.25) is 14.4 Å². The van der Waals surface area contributed by atoms with Crippen molar-refractivity contribution in [1.29, 1.82) is 0 Å². The number of unbranched alkanes of at least 4 members (excludes halogenated alkanes) is 22. The van der Waals surface area contributed by atoms with Crippen molar-refractivity contribution in [3.8, 4) is 0 Å². The molecule has 0 aromatic carbocycles. The molecule has 1 amide bonds. The minimum absolute atomic E-state index is 0.155. The van der Waals surface area contributed by atoms with Crippen molar-refractivity contribution < 1.29 is 29.7 Å². The van der Waals surface area contributed by atoms with Crippen LogP contribution in [0, 0.1) is 0 Å². The molecule has 51 heavy (non-hydrogen) atoms. The van der Waals surface area contributed by atoms with E-state index in [1.165, 1.54) is 77.0 Å². The third kappa shape index (κ3) is 26.5. The lowest BCUT2D eigenvalue weighted by Crippen LogP contribution is -2.60. The third-order valence-electron chi connectivity index (χ3n) is 9.90. The molecule has 3 atom stereocenters. The third-order valence-corrected chi connectivity index (χ3v) is 9.90. The number of nitrogens with zero attached hydrogens (tertiary/aromatic N) is 1. The normalized spacial score (nSPS) is 13.6. The van der Waals surface area contributed by atoms with Gasteiger partial charge in [-0.25, -0.2) is 0 Å². The summed E-state index contributed by atoms with van der Waals surface area (Å²) in [7, 11) is 0. The Morgan fingerprint density at radius 2 is 0.765 bits per heavy atom. The van der Waals surface area contributed by atoms with Gasteiger partial charge in [0.15, 0.2) is 11.6 Å². The number of carbonyl (C=O) groups excluding carboxylic acids is 3. The van der Waals surface area contributed by atoms with E-state index < -0.39 is 43.9 Å². The predicted molar refractivity (Wildman–Crippen MR) is 213 cm³/mol. The zero-order valence-corrected chi connectivity index (χ0v) is 33.1. The summed E-state index contributed by atoms with van der Waals surface area (Å²) in [5, 5.41) is 30.0. The molecule has 0 aliphatic heterocycles. The number of ketones is 2. The molecular formula is C43H80N2O6. The number of hydrogen-bond donors (Lipinski definition) is 4. The fourth-order valence-electron chi connectivity index (χ4n) is 6.56. The maximum absolute atomic E-state index is 13.3. The van der Waals surface area contributed by atoms with Gasteiger partial charge in [0.25, 0.3) is 0 Å². The molecule has 8 nitrogen and oxygen atoms in total. The second kappa shape index (κ2) is 36.5. The summed E-state index contributed by atoms with van der Waals surface area (Å²) < 4.78 is 0. The standard InChI is InChI=1S/C43H80N2O6/c1-3-5-7-9-11-13-15-17-19-21-23-25-27-29-31-33-41(49)39(36-47)45(43(51)38(44)35-46)40(37-48)42(50)34-32-30-28-26-24-22-20-18-16-14-12-10-8-6-4-2/h17-20,38-40,46-48H,3-16,21-37,44H2,1-2H3/b19-17-,20-18-/t38-,39?,40?/m0/s1. The first-order valence-corrected chi connectivity index (χ1v) is 21.1. The van der Waals surface area contributed by atoms with Gasteiger partial charge in [0.05, 0.1) is 19.8 Å². The van der Waals surface area contributed by atoms with Crippen LogP contribution in [-0.2, 0) is 14.4 Å². The summed E-state index contributed by atoms with van der Waals surface area (Å²) in [5.74, 6) is -1.53. The van der Waals surface area contributed by atoms with E-state index in [0.29, 0.717) is 12.8 Å². The lowest BCUT2D eigenvalue weighted by atomic mass is 9.97. The maximum Gasteiger partial charge on any atom is 0.243 e. The number of aliphatic hydroxyl groups excluding tert-OH is 3. The number of Topliss-reactive ketones (excluding diaryl/α,β-unsaturated/α-hetero) is 2. The predicted octanol–water partition coefficient (Wildman–Crippen LogP) is 9.07. The van der Waals surface area contributed by atoms with Crippen molar-refractivity contribution in [1.82, 2.24) is 4.90 Å². The summed E-state index contributed by atoms with van der Waals surface area (Å²) in [5.41, 5.74) is 5.84. The van der Waals surface area contributed by atoms with Crippen LogP contribution >= 0.6 is 0 Å². The maximum atomic E-state index is 13.3. The number of aliphatic hydroxyl groups is 3. The summed E-state index contributed by atoms with van der Waals surface area (Å²) >= 11 is 0. The van der Waals surface area contributed by atoms with Crippen LogP contribution in [0.5, 0.6) is 0 Å². The second-order valence-electron chi connectivity index (χ2n) is 14.5. The average Bonchev–Trinajstić information content (AvgIpc) is 3.14. The Morgan fingerprint density at radius 3 is 1.06 bits per heavy atom. The van der Waals surface area contributed by atoms with Crippen molar-refractivity contribution in [2.45, 2.75) is 212 Å². The Bertz CT molecular complexity index is 832. The Kier molecular flexibility index (Phi) is 35.1. The summed E-state index contributed by atoms with van der Waals surface area (Å²) in [6.45, 7) is 2.46. The number of allylic oxidation sites excluding steroid dienone is 4. The SMILES string of the molecule is CCCCCCCC/C=C\CCCCCCCC(=O)C(CO)N(C(=O)[C@@H](N)CO)C(CO)C(=O)CCCCCCC/C=C\CCCCCCCC. The van der Waals surface area contributed by atoms with Crippen molar-refractivity contribution in [3.05, 3.63) is 24.3 Å². The molecule has 2 unspecified atom stereocenters. The molecule has 0 aromatic rings. The van der Waals surface area contributed by atoms with Gasteiger partial charge in [-0.1, -0.05) is 141 Å². The molecule has 0 aromatic heterocycles. The van der Waals surface area contributed by atoms with Gasteiger partial charge in [-0.15, -0.1) is 0 Å². The Labute approximate surface area is 313 Å². The molecule has 0 fully saturated rings. The Hall–Kier alpha value is -1.87. The van der Waals surface area contributed by atoms with Gasteiger partial charge in [0.2, 0.25) is 5.91 Å². The lowest BCUT2D eigenvalue weighted by Gasteiger charge is -2.36. The van der Waals surface area contributed by atoms with Crippen molar-refractivity contribution in [2.24, 2.45) is 5.73 Å². The summed E-state index contributed by atoms with van der Waals surface area (Å²) in [6, 6.07) is -3.93. The van der Waals surface area contributed by atoms with Crippen molar-refractivity contribution >= 4 is 17.5 Å². The second-order valence-corrected chi connectivity index (χ2v) is 14.5. The van der Waals surface area contributed by atoms with Gasteiger partial charge in [-0.05, 0) is 64.2 Å². The van der Waals surface area contributed by atoms with Crippen LogP contribution in [0.3, 0.4) is 0 Å². The molecule has 0 saturated carbocycles. The monoisotopic (exact) mass is 721 g/mol. The molecule has 8 heteroatoms.